The molecule has 26 heavy (non-hydrogen) atoms. The first kappa shape index (κ1) is 17.0. The molecule has 0 saturated heterocycles. The van der Waals surface area contributed by atoms with Gasteiger partial charge in [0.05, 0.1) is 12.6 Å². The third-order valence-electron chi connectivity index (χ3n) is 4.77. The fourth-order valence-electron chi connectivity index (χ4n) is 3.46. The number of hydrogen-bond donors (Lipinski definition) is 0. The molecule has 5 heteroatoms. The number of nitrogens with zero attached hydrogens (tertiary/aromatic N) is 2. The maximum absolute atomic E-state index is 13.9. The van der Waals surface area contributed by atoms with Crippen LogP contribution in [0.1, 0.15) is 16.8 Å². The van der Waals surface area contributed by atoms with E-state index in [0.29, 0.717) is 5.56 Å². The number of ether oxygens (including phenoxy) is 1. The first-order valence-corrected chi connectivity index (χ1v) is 8.80. The van der Waals surface area contributed by atoms with Crippen molar-refractivity contribution in [3.8, 4) is 17.7 Å². The molecule has 1 aromatic heterocycles. The number of hydrogen-bond acceptors (Lipinski definition) is 2. The number of halogens is 2. The smallest absolute Gasteiger partial charge is 0.166 e. The number of aromatic nitrogens is 1. The minimum atomic E-state index is -0.410. The minimum Gasteiger partial charge on any atom is -0.494 e. The summed E-state index contributed by atoms with van der Waals surface area (Å²) in [6, 6.07) is 13.8. The average molecular weight is 369 g/mol. The molecule has 0 amide bonds. The molecule has 1 aliphatic rings. The number of methoxy groups -OCH3 is 1. The van der Waals surface area contributed by atoms with Gasteiger partial charge in [-0.3, -0.25) is 4.57 Å². The van der Waals surface area contributed by atoms with Gasteiger partial charge in [0.15, 0.2) is 11.6 Å². The predicted octanol–water partition coefficient (Wildman–Crippen LogP) is 4.29. The molecule has 2 heterocycles. The Balaban J connectivity index is 1.84. The van der Waals surface area contributed by atoms with Gasteiger partial charge in [0.25, 0.3) is 0 Å². The second kappa shape index (κ2) is 6.68. The Labute approximate surface area is 156 Å². The fraction of sp³-hybridized carbons (Fsp3) is 0.238. The van der Waals surface area contributed by atoms with Crippen molar-refractivity contribution in [1.29, 1.82) is 0 Å². The summed E-state index contributed by atoms with van der Waals surface area (Å²) in [5.41, 5.74) is 4.13. The Morgan fingerprint density at radius 2 is 2.04 bits per heavy atom. The largest absolute Gasteiger partial charge is 0.494 e. The Kier molecular flexibility index (Phi) is 4.36. The first-order valence-electron chi connectivity index (χ1n) is 8.42. The zero-order chi connectivity index (χ0) is 18.3. The van der Waals surface area contributed by atoms with E-state index in [2.05, 4.69) is 23.9 Å². The summed E-state index contributed by atoms with van der Waals surface area (Å²) in [6.07, 6.45) is 0.920. The molecule has 0 N–H and O–H groups in total. The SMILES string of the molecule is COc1ccc(C#Cn2c3c(c4cc(Cl)ccc42)CN(C)CC3)cc1F. The third-order valence-corrected chi connectivity index (χ3v) is 5.00. The molecule has 0 unspecified atom stereocenters. The molecular formula is C21H18ClFN2O. The van der Waals surface area contributed by atoms with E-state index in [4.69, 9.17) is 16.3 Å². The summed E-state index contributed by atoms with van der Waals surface area (Å²) < 4.78 is 20.9. The van der Waals surface area contributed by atoms with Gasteiger partial charge in [-0.05, 0) is 54.9 Å². The van der Waals surface area contributed by atoms with Crippen LogP contribution in [0.15, 0.2) is 36.4 Å². The highest BCUT2D eigenvalue weighted by Gasteiger charge is 2.22. The summed E-state index contributed by atoms with van der Waals surface area (Å²) in [6.45, 7) is 1.86. The van der Waals surface area contributed by atoms with E-state index in [-0.39, 0.29) is 5.75 Å². The first-order chi connectivity index (χ1) is 12.6. The predicted molar refractivity (Wildman–Crippen MR) is 102 cm³/mol. The van der Waals surface area contributed by atoms with Crippen LogP contribution in [0.4, 0.5) is 4.39 Å². The molecule has 0 radical (unpaired) electrons. The number of benzene rings is 2. The highest BCUT2D eigenvalue weighted by molar-refractivity contribution is 6.31. The van der Waals surface area contributed by atoms with Crippen molar-refractivity contribution in [2.24, 2.45) is 0 Å². The van der Waals surface area contributed by atoms with Gasteiger partial charge >= 0.3 is 0 Å². The van der Waals surface area contributed by atoms with Crippen molar-refractivity contribution in [3.63, 3.8) is 0 Å². The van der Waals surface area contributed by atoms with Crippen LogP contribution in [-0.2, 0) is 13.0 Å². The Hall–Kier alpha value is -2.48. The molecule has 0 atom stereocenters. The van der Waals surface area contributed by atoms with Crippen molar-refractivity contribution in [2.75, 3.05) is 20.7 Å². The van der Waals surface area contributed by atoms with E-state index in [1.165, 1.54) is 24.4 Å². The van der Waals surface area contributed by atoms with E-state index in [0.717, 1.165) is 35.4 Å². The van der Waals surface area contributed by atoms with Crippen LogP contribution in [0, 0.1) is 17.8 Å². The molecule has 0 saturated carbocycles. The van der Waals surface area contributed by atoms with Crippen molar-refractivity contribution < 1.29 is 9.13 Å². The second-order valence-corrected chi connectivity index (χ2v) is 6.93. The van der Waals surface area contributed by atoms with Crippen LogP contribution in [0.2, 0.25) is 5.02 Å². The van der Waals surface area contributed by atoms with Crippen LogP contribution in [-0.4, -0.2) is 30.2 Å². The van der Waals surface area contributed by atoms with Crippen molar-refractivity contribution in [3.05, 3.63) is 64.1 Å². The van der Waals surface area contributed by atoms with Crippen molar-refractivity contribution >= 4 is 22.5 Å². The van der Waals surface area contributed by atoms with E-state index < -0.39 is 5.82 Å². The third kappa shape index (κ3) is 2.94. The van der Waals surface area contributed by atoms with Gasteiger partial charge < -0.3 is 9.64 Å². The summed E-state index contributed by atoms with van der Waals surface area (Å²) in [5.74, 6) is 2.89. The molecule has 2 aromatic carbocycles. The highest BCUT2D eigenvalue weighted by Crippen LogP contribution is 2.32. The molecule has 4 rings (SSSR count). The minimum absolute atomic E-state index is 0.219. The standard InChI is InChI=1S/C21H18ClFN2O/c1-24-9-8-20-17(13-24)16-12-15(22)4-5-19(16)25(20)10-7-14-3-6-21(26-2)18(23)11-14/h3-6,11-12H,8-9,13H2,1-2H3. The van der Waals surface area contributed by atoms with Gasteiger partial charge in [-0.1, -0.05) is 11.6 Å². The lowest BCUT2D eigenvalue weighted by molar-refractivity contribution is 0.311. The Morgan fingerprint density at radius 3 is 2.81 bits per heavy atom. The van der Waals surface area contributed by atoms with E-state index in [9.17, 15) is 4.39 Å². The van der Waals surface area contributed by atoms with Gasteiger partial charge in [-0.2, -0.15) is 0 Å². The number of likely N-dealkylation sites (N-methyl/N-ethyl adjacent to an activating group) is 1. The molecule has 0 aliphatic carbocycles. The van der Waals surface area contributed by atoms with Crippen LogP contribution in [0.25, 0.3) is 10.9 Å². The maximum atomic E-state index is 13.9. The maximum Gasteiger partial charge on any atom is 0.166 e. The topological polar surface area (TPSA) is 17.4 Å². The molecule has 0 spiro atoms. The van der Waals surface area contributed by atoms with Gasteiger partial charge in [0.1, 0.15) is 0 Å². The van der Waals surface area contributed by atoms with Gasteiger partial charge in [0, 0.05) is 47.2 Å². The lowest BCUT2D eigenvalue weighted by Gasteiger charge is -2.23. The number of rotatable bonds is 1. The van der Waals surface area contributed by atoms with E-state index >= 15 is 0 Å². The Morgan fingerprint density at radius 1 is 1.19 bits per heavy atom. The molecular weight excluding hydrogens is 351 g/mol. The lowest BCUT2D eigenvalue weighted by atomic mass is 10.1. The molecule has 132 valence electrons. The molecule has 0 bridgehead atoms. The zero-order valence-electron chi connectivity index (χ0n) is 14.6. The summed E-state index contributed by atoms with van der Waals surface area (Å²) in [7, 11) is 3.56. The summed E-state index contributed by atoms with van der Waals surface area (Å²) in [5, 5.41) is 1.85. The summed E-state index contributed by atoms with van der Waals surface area (Å²) in [4.78, 5) is 2.29. The Bertz CT molecular complexity index is 1060. The van der Waals surface area contributed by atoms with E-state index in [1.54, 1.807) is 12.1 Å². The van der Waals surface area contributed by atoms with Crippen molar-refractivity contribution in [1.82, 2.24) is 9.47 Å². The highest BCUT2D eigenvalue weighted by atomic mass is 35.5. The zero-order valence-corrected chi connectivity index (χ0v) is 15.4. The molecule has 1 aliphatic heterocycles. The fourth-order valence-corrected chi connectivity index (χ4v) is 3.63. The van der Waals surface area contributed by atoms with Crippen LogP contribution in [0.3, 0.4) is 0 Å². The van der Waals surface area contributed by atoms with Crippen molar-refractivity contribution in [2.45, 2.75) is 13.0 Å². The normalized spacial score (nSPS) is 14.0. The van der Waals surface area contributed by atoms with Crippen LogP contribution < -0.4 is 4.74 Å². The van der Waals surface area contributed by atoms with Gasteiger partial charge in [-0.15, -0.1) is 0 Å². The van der Waals surface area contributed by atoms with Gasteiger partial charge in [-0.25, -0.2) is 4.39 Å². The van der Waals surface area contributed by atoms with E-state index in [1.807, 2.05) is 22.8 Å². The second-order valence-electron chi connectivity index (χ2n) is 6.50. The van der Waals surface area contributed by atoms with Crippen LogP contribution >= 0.6 is 11.6 Å². The summed E-state index contributed by atoms with van der Waals surface area (Å²) >= 11 is 6.21. The molecule has 3 nitrogen and oxygen atoms in total. The lowest BCUT2D eigenvalue weighted by Crippen LogP contribution is -2.27. The monoisotopic (exact) mass is 368 g/mol. The number of fused-ring (bicyclic) bond motifs is 3. The molecule has 0 fully saturated rings. The average Bonchev–Trinajstić information content (AvgIpc) is 2.92. The van der Waals surface area contributed by atoms with Crippen LogP contribution in [0.5, 0.6) is 5.75 Å². The molecule has 3 aromatic rings. The van der Waals surface area contributed by atoms with Gasteiger partial charge in [0.2, 0.25) is 0 Å². The quantitative estimate of drug-likeness (QED) is 0.596.